The Hall–Kier alpha value is -2.67. The molecule has 0 spiro atoms. The first-order valence-electron chi connectivity index (χ1n) is 8.07. The van der Waals surface area contributed by atoms with Crippen molar-refractivity contribution in [2.75, 3.05) is 6.61 Å². The van der Waals surface area contributed by atoms with E-state index in [1.165, 1.54) is 6.07 Å². The van der Waals surface area contributed by atoms with E-state index in [9.17, 15) is 15.2 Å². The highest BCUT2D eigenvalue weighted by Gasteiger charge is 2.15. The summed E-state index contributed by atoms with van der Waals surface area (Å²) in [6.45, 7) is 0.0721. The van der Waals surface area contributed by atoms with Gasteiger partial charge in [0.05, 0.1) is 17.1 Å². The van der Waals surface area contributed by atoms with Crippen LogP contribution in [0.1, 0.15) is 16.7 Å². The summed E-state index contributed by atoms with van der Waals surface area (Å²) in [5.41, 5.74) is 2.41. The summed E-state index contributed by atoms with van der Waals surface area (Å²) in [5, 5.41) is 25.6. The lowest BCUT2D eigenvalue weighted by Crippen LogP contribution is -1.98. The number of aliphatic hydroxyl groups excluding tert-OH is 1. The van der Waals surface area contributed by atoms with E-state index >= 15 is 0 Å². The molecule has 3 rings (SSSR count). The Morgan fingerprint density at radius 3 is 2.74 bits per heavy atom. The molecule has 0 radical (unpaired) electrons. The fraction of sp³-hybridized carbons (Fsp3) is 0.100. The van der Waals surface area contributed by atoms with E-state index in [1.807, 2.05) is 16.8 Å². The van der Waals surface area contributed by atoms with Gasteiger partial charge in [-0.25, -0.2) is 0 Å². The van der Waals surface area contributed by atoms with Crippen molar-refractivity contribution in [2.24, 2.45) is 0 Å². The molecule has 0 amide bonds. The van der Waals surface area contributed by atoms with Crippen LogP contribution in [-0.2, 0) is 6.61 Å². The average Bonchev–Trinajstić information content (AvgIpc) is 3.18. The number of benzene rings is 2. The number of aliphatic hydroxyl groups is 1. The number of nitrogens with zero attached hydrogens (tertiary/aromatic N) is 1. The monoisotopic (exact) mass is 401 g/mol. The van der Waals surface area contributed by atoms with Crippen molar-refractivity contribution in [1.29, 1.82) is 0 Å². The van der Waals surface area contributed by atoms with Gasteiger partial charge in [-0.1, -0.05) is 29.8 Å². The third-order valence-electron chi connectivity index (χ3n) is 3.90. The number of hydrogen-bond donors (Lipinski definition) is 1. The van der Waals surface area contributed by atoms with E-state index in [0.29, 0.717) is 34.1 Å². The van der Waals surface area contributed by atoms with Crippen LogP contribution in [0, 0.1) is 10.1 Å². The van der Waals surface area contributed by atoms with Gasteiger partial charge in [0.2, 0.25) is 0 Å². The Bertz CT molecular complexity index is 970. The van der Waals surface area contributed by atoms with Gasteiger partial charge in [-0.15, -0.1) is 0 Å². The highest BCUT2D eigenvalue weighted by Crippen LogP contribution is 2.31. The smallest absolute Gasteiger partial charge is 0.276 e. The van der Waals surface area contributed by atoms with Crippen molar-refractivity contribution >= 4 is 40.3 Å². The molecule has 0 saturated heterocycles. The number of halogens is 1. The van der Waals surface area contributed by atoms with E-state index in [0.717, 1.165) is 5.56 Å². The lowest BCUT2D eigenvalue weighted by molar-refractivity contribution is -0.385. The Kier molecular flexibility index (Phi) is 6.24. The lowest BCUT2D eigenvalue weighted by Gasteiger charge is -2.09. The van der Waals surface area contributed by atoms with Gasteiger partial charge in [-0.2, -0.15) is 11.3 Å². The molecule has 3 aromatic rings. The normalized spacial score (nSPS) is 11.4. The van der Waals surface area contributed by atoms with Crippen LogP contribution in [0.15, 0.2) is 59.3 Å². The van der Waals surface area contributed by atoms with Gasteiger partial charge in [0.1, 0.15) is 12.4 Å². The van der Waals surface area contributed by atoms with Gasteiger partial charge < -0.3 is 9.84 Å². The molecule has 0 aliphatic carbocycles. The van der Waals surface area contributed by atoms with Crippen LogP contribution in [0.2, 0.25) is 5.02 Å². The van der Waals surface area contributed by atoms with Gasteiger partial charge in [0.15, 0.2) is 0 Å². The van der Waals surface area contributed by atoms with Crippen LogP contribution in [0.25, 0.3) is 11.6 Å². The minimum atomic E-state index is -0.462. The zero-order valence-corrected chi connectivity index (χ0v) is 15.7. The Morgan fingerprint density at radius 2 is 2.07 bits per heavy atom. The third kappa shape index (κ3) is 4.74. The highest BCUT2D eigenvalue weighted by atomic mass is 35.5. The number of rotatable bonds is 7. The maximum Gasteiger partial charge on any atom is 0.276 e. The molecule has 0 fully saturated rings. The SMILES string of the molecule is O=[N+]([O-])c1ccc(OCc2ccsc2)cc1/C=C(/CO)c1ccccc1Cl. The van der Waals surface area contributed by atoms with E-state index in [-0.39, 0.29) is 12.3 Å². The molecule has 0 atom stereocenters. The molecule has 7 heteroatoms. The van der Waals surface area contributed by atoms with Crippen molar-refractivity contribution in [3.8, 4) is 5.75 Å². The largest absolute Gasteiger partial charge is 0.489 e. The number of ether oxygens (including phenoxy) is 1. The molecule has 0 aliphatic rings. The lowest BCUT2D eigenvalue weighted by atomic mass is 10.0. The summed E-state index contributed by atoms with van der Waals surface area (Å²) >= 11 is 7.77. The van der Waals surface area contributed by atoms with Gasteiger partial charge in [-0.05, 0) is 57.8 Å². The average molecular weight is 402 g/mol. The van der Waals surface area contributed by atoms with Crippen molar-refractivity contribution in [1.82, 2.24) is 0 Å². The third-order valence-corrected chi connectivity index (χ3v) is 4.96. The fourth-order valence-electron chi connectivity index (χ4n) is 2.56. The van der Waals surface area contributed by atoms with Crippen molar-refractivity contribution in [3.63, 3.8) is 0 Å². The molecule has 5 nitrogen and oxygen atoms in total. The van der Waals surface area contributed by atoms with Crippen LogP contribution in [-0.4, -0.2) is 16.6 Å². The van der Waals surface area contributed by atoms with E-state index in [4.69, 9.17) is 16.3 Å². The highest BCUT2D eigenvalue weighted by molar-refractivity contribution is 7.07. The van der Waals surface area contributed by atoms with Gasteiger partial charge in [0, 0.05) is 11.1 Å². The second kappa shape index (κ2) is 8.81. The van der Waals surface area contributed by atoms with Crippen molar-refractivity contribution in [3.05, 3.63) is 91.1 Å². The van der Waals surface area contributed by atoms with Crippen LogP contribution in [0.4, 0.5) is 5.69 Å². The molecule has 0 aliphatic heterocycles. The summed E-state index contributed by atoms with van der Waals surface area (Å²) in [7, 11) is 0. The molecule has 2 aromatic carbocycles. The second-order valence-corrected chi connectivity index (χ2v) is 6.89. The maximum atomic E-state index is 11.4. The summed E-state index contributed by atoms with van der Waals surface area (Å²) in [6, 6.07) is 13.5. The quantitative estimate of drug-likeness (QED) is 0.326. The van der Waals surface area contributed by atoms with Crippen LogP contribution in [0.3, 0.4) is 0 Å². The predicted molar refractivity (Wildman–Crippen MR) is 108 cm³/mol. The second-order valence-electron chi connectivity index (χ2n) is 5.71. The van der Waals surface area contributed by atoms with Crippen molar-refractivity contribution in [2.45, 2.75) is 6.61 Å². The van der Waals surface area contributed by atoms with Gasteiger partial charge in [-0.3, -0.25) is 10.1 Å². The van der Waals surface area contributed by atoms with Crippen molar-refractivity contribution < 1.29 is 14.8 Å². The van der Waals surface area contributed by atoms with Gasteiger partial charge in [0.25, 0.3) is 5.69 Å². The summed E-state index contributed by atoms with van der Waals surface area (Å²) in [4.78, 5) is 10.9. The maximum absolute atomic E-state index is 11.4. The van der Waals surface area contributed by atoms with Gasteiger partial charge >= 0.3 is 0 Å². The van der Waals surface area contributed by atoms with E-state index in [1.54, 1.807) is 53.8 Å². The summed E-state index contributed by atoms with van der Waals surface area (Å²) in [5.74, 6) is 0.509. The minimum absolute atomic E-state index is 0.0733. The molecule has 27 heavy (non-hydrogen) atoms. The molecule has 0 bridgehead atoms. The Labute approximate surface area is 165 Å². The first kappa shape index (κ1) is 19.1. The van der Waals surface area contributed by atoms with E-state index in [2.05, 4.69) is 0 Å². The zero-order chi connectivity index (χ0) is 19.2. The first-order chi connectivity index (χ1) is 13.1. The molecule has 1 aromatic heterocycles. The van der Waals surface area contributed by atoms with Crippen LogP contribution < -0.4 is 4.74 Å². The molecular weight excluding hydrogens is 386 g/mol. The molecule has 1 heterocycles. The fourth-order valence-corrected chi connectivity index (χ4v) is 3.47. The Balaban J connectivity index is 1.96. The van der Waals surface area contributed by atoms with Crippen LogP contribution in [0.5, 0.6) is 5.75 Å². The van der Waals surface area contributed by atoms with E-state index < -0.39 is 4.92 Å². The topological polar surface area (TPSA) is 72.6 Å². The molecular formula is C20H16ClNO4S. The van der Waals surface area contributed by atoms with Crippen LogP contribution >= 0.6 is 22.9 Å². The number of nitro benzene ring substituents is 1. The summed E-state index contributed by atoms with van der Waals surface area (Å²) in [6.07, 6.45) is 1.57. The number of thiophene rings is 1. The molecule has 0 saturated carbocycles. The molecule has 1 N–H and O–H groups in total. The standard InChI is InChI=1S/C20H16ClNO4S/c21-19-4-2-1-3-18(19)16(11-23)9-15-10-17(5-6-20(15)22(24)25)26-12-14-7-8-27-13-14/h1-10,13,23H,11-12H2/b16-9-. The molecule has 0 unspecified atom stereocenters. The zero-order valence-electron chi connectivity index (χ0n) is 14.2. The number of hydrogen-bond acceptors (Lipinski definition) is 5. The number of nitro groups is 1. The minimum Gasteiger partial charge on any atom is -0.489 e. The Morgan fingerprint density at radius 1 is 1.26 bits per heavy atom. The summed E-state index contributed by atoms with van der Waals surface area (Å²) < 4.78 is 5.74. The predicted octanol–water partition coefficient (Wildman–Crippen LogP) is 5.42. The molecule has 138 valence electrons. The first-order valence-corrected chi connectivity index (χ1v) is 9.39.